The highest BCUT2D eigenvalue weighted by Gasteiger charge is 2.58. The fourth-order valence-corrected chi connectivity index (χ4v) is 3.05. The fraction of sp³-hybridized carbons (Fsp3) is 0.923. The van der Waals surface area contributed by atoms with E-state index in [4.69, 9.17) is 9.84 Å². The number of carbonyl (C=O) groups excluding carboxylic acids is 1. The summed E-state index contributed by atoms with van der Waals surface area (Å²) in [5.74, 6) is 0.394. The van der Waals surface area contributed by atoms with Crippen molar-refractivity contribution in [1.82, 2.24) is 10.2 Å². The van der Waals surface area contributed by atoms with E-state index in [1.54, 1.807) is 12.0 Å². The Labute approximate surface area is 108 Å². The number of methoxy groups -OCH3 is 1. The molecule has 0 bridgehead atoms. The number of aliphatic hydroxyl groups excluding tert-OH is 1. The molecule has 1 atom stereocenters. The Balaban J connectivity index is 1.89. The third kappa shape index (κ3) is 2.84. The molecular formula is C13H24N2O3. The summed E-state index contributed by atoms with van der Waals surface area (Å²) < 4.78 is 5.02. The Bertz CT molecular complexity index is 284. The van der Waals surface area contributed by atoms with E-state index in [0.717, 1.165) is 32.4 Å². The quantitative estimate of drug-likeness (QED) is 0.693. The molecule has 1 heterocycles. The van der Waals surface area contributed by atoms with Crippen molar-refractivity contribution in [3.05, 3.63) is 0 Å². The zero-order valence-corrected chi connectivity index (χ0v) is 11.2. The second-order valence-corrected chi connectivity index (χ2v) is 5.41. The monoisotopic (exact) mass is 256 g/mol. The number of nitrogens with one attached hydrogen (secondary N) is 1. The van der Waals surface area contributed by atoms with Gasteiger partial charge in [-0.2, -0.15) is 0 Å². The van der Waals surface area contributed by atoms with E-state index in [1.807, 2.05) is 0 Å². The van der Waals surface area contributed by atoms with Gasteiger partial charge in [0, 0.05) is 26.1 Å². The summed E-state index contributed by atoms with van der Waals surface area (Å²) >= 11 is 0. The maximum atomic E-state index is 12.4. The van der Waals surface area contributed by atoms with Crippen LogP contribution in [-0.4, -0.2) is 62.4 Å². The van der Waals surface area contributed by atoms with Gasteiger partial charge in [-0.25, -0.2) is 0 Å². The minimum atomic E-state index is 0.0245. The summed E-state index contributed by atoms with van der Waals surface area (Å²) in [6, 6.07) is 0. The van der Waals surface area contributed by atoms with Crippen LogP contribution >= 0.6 is 0 Å². The molecule has 18 heavy (non-hydrogen) atoms. The summed E-state index contributed by atoms with van der Waals surface area (Å²) in [6.45, 7) is 3.63. The Hall–Kier alpha value is -0.650. The van der Waals surface area contributed by atoms with Crippen LogP contribution in [0, 0.1) is 11.3 Å². The smallest absolute Gasteiger partial charge is 0.226 e. The second kappa shape index (κ2) is 5.99. The van der Waals surface area contributed by atoms with Crippen LogP contribution in [-0.2, 0) is 9.53 Å². The summed E-state index contributed by atoms with van der Waals surface area (Å²) in [4.78, 5) is 14.2. The van der Waals surface area contributed by atoms with Gasteiger partial charge < -0.3 is 20.1 Å². The van der Waals surface area contributed by atoms with Crippen molar-refractivity contribution >= 4 is 5.91 Å². The van der Waals surface area contributed by atoms with Crippen LogP contribution in [0.3, 0.4) is 0 Å². The first-order valence-corrected chi connectivity index (χ1v) is 6.83. The third-order valence-corrected chi connectivity index (χ3v) is 4.33. The van der Waals surface area contributed by atoms with E-state index in [-0.39, 0.29) is 23.8 Å². The number of aliphatic hydroxyl groups is 1. The molecule has 5 nitrogen and oxygen atoms in total. The number of piperidine rings is 1. The van der Waals surface area contributed by atoms with E-state index in [9.17, 15) is 4.79 Å². The van der Waals surface area contributed by atoms with Crippen LogP contribution in [0.5, 0.6) is 0 Å². The highest BCUT2D eigenvalue weighted by atomic mass is 16.5. The molecule has 1 saturated carbocycles. The molecule has 2 fully saturated rings. The van der Waals surface area contributed by atoms with Gasteiger partial charge in [-0.05, 0) is 37.8 Å². The van der Waals surface area contributed by atoms with Gasteiger partial charge in [0.15, 0.2) is 0 Å². The number of ether oxygens (including phenoxy) is 1. The Morgan fingerprint density at radius 3 is 2.78 bits per heavy atom. The van der Waals surface area contributed by atoms with E-state index >= 15 is 0 Å². The van der Waals surface area contributed by atoms with Crippen LogP contribution < -0.4 is 5.32 Å². The average molecular weight is 256 g/mol. The molecule has 1 saturated heterocycles. The van der Waals surface area contributed by atoms with Gasteiger partial charge in [0.25, 0.3) is 0 Å². The molecule has 1 aliphatic carbocycles. The first-order chi connectivity index (χ1) is 8.73. The minimum absolute atomic E-state index is 0.0245. The van der Waals surface area contributed by atoms with Gasteiger partial charge in [0.2, 0.25) is 5.91 Å². The number of hydrogen-bond donors (Lipinski definition) is 2. The van der Waals surface area contributed by atoms with Crippen molar-refractivity contribution in [2.24, 2.45) is 11.3 Å². The van der Waals surface area contributed by atoms with Crippen LogP contribution in [0.25, 0.3) is 0 Å². The Morgan fingerprint density at radius 1 is 1.44 bits per heavy atom. The van der Waals surface area contributed by atoms with Gasteiger partial charge in [0.1, 0.15) is 0 Å². The SMILES string of the molecule is COCCN(CCO)C(=O)C1CC12CCNCC2. The van der Waals surface area contributed by atoms with E-state index in [0.29, 0.717) is 19.7 Å². The zero-order valence-electron chi connectivity index (χ0n) is 11.2. The molecular weight excluding hydrogens is 232 g/mol. The minimum Gasteiger partial charge on any atom is -0.395 e. The molecule has 104 valence electrons. The molecule has 1 aliphatic heterocycles. The first kappa shape index (κ1) is 13.8. The van der Waals surface area contributed by atoms with Crippen molar-refractivity contribution in [3.63, 3.8) is 0 Å². The first-order valence-electron chi connectivity index (χ1n) is 6.83. The number of hydrogen-bond acceptors (Lipinski definition) is 4. The van der Waals surface area contributed by atoms with Gasteiger partial charge in [-0.3, -0.25) is 4.79 Å². The average Bonchev–Trinajstić information content (AvgIpc) is 3.08. The molecule has 2 N–H and O–H groups in total. The summed E-state index contributed by atoms with van der Waals surface area (Å²) in [7, 11) is 1.63. The maximum absolute atomic E-state index is 12.4. The lowest BCUT2D eigenvalue weighted by Crippen LogP contribution is -2.39. The second-order valence-electron chi connectivity index (χ2n) is 5.41. The Kier molecular flexibility index (Phi) is 4.59. The molecule has 0 aromatic rings. The molecule has 1 amide bonds. The lowest BCUT2D eigenvalue weighted by molar-refractivity contribution is -0.134. The van der Waals surface area contributed by atoms with Gasteiger partial charge in [0.05, 0.1) is 13.2 Å². The zero-order chi connectivity index (χ0) is 13.0. The van der Waals surface area contributed by atoms with E-state index in [1.165, 1.54) is 0 Å². The van der Waals surface area contributed by atoms with Gasteiger partial charge >= 0.3 is 0 Å². The molecule has 0 aromatic carbocycles. The highest BCUT2D eigenvalue weighted by Crippen LogP contribution is 2.59. The van der Waals surface area contributed by atoms with Gasteiger partial charge in [-0.15, -0.1) is 0 Å². The van der Waals surface area contributed by atoms with E-state index in [2.05, 4.69) is 5.32 Å². The molecule has 1 unspecified atom stereocenters. The van der Waals surface area contributed by atoms with Crippen molar-refractivity contribution in [2.45, 2.75) is 19.3 Å². The van der Waals surface area contributed by atoms with E-state index < -0.39 is 0 Å². The third-order valence-electron chi connectivity index (χ3n) is 4.33. The number of rotatable bonds is 6. The molecule has 0 radical (unpaired) electrons. The molecule has 5 heteroatoms. The maximum Gasteiger partial charge on any atom is 0.226 e. The largest absolute Gasteiger partial charge is 0.395 e. The topological polar surface area (TPSA) is 61.8 Å². The van der Waals surface area contributed by atoms with Crippen LogP contribution in [0.1, 0.15) is 19.3 Å². The predicted molar refractivity (Wildman–Crippen MR) is 68.2 cm³/mol. The predicted octanol–water partition coefficient (Wildman–Crippen LogP) is -0.157. The molecule has 2 aliphatic rings. The van der Waals surface area contributed by atoms with Crippen LogP contribution in [0.4, 0.5) is 0 Å². The lowest BCUT2D eigenvalue weighted by Gasteiger charge is -2.26. The van der Waals surface area contributed by atoms with Crippen molar-refractivity contribution < 1.29 is 14.6 Å². The Morgan fingerprint density at radius 2 is 2.17 bits per heavy atom. The number of amides is 1. The van der Waals surface area contributed by atoms with Crippen molar-refractivity contribution in [2.75, 3.05) is 46.5 Å². The lowest BCUT2D eigenvalue weighted by atomic mass is 9.91. The number of carbonyl (C=O) groups is 1. The molecule has 1 spiro atoms. The standard InChI is InChI=1S/C13H24N2O3/c1-18-9-7-15(6-8-16)12(17)11-10-13(11)2-4-14-5-3-13/h11,14,16H,2-10H2,1H3. The normalized spacial score (nSPS) is 25.1. The summed E-state index contributed by atoms with van der Waals surface area (Å²) in [5.41, 5.74) is 0.267. The number of nitrogens with zero attached hydrogens (tertiary/aromatic N) is 1. The molecule has 0 aromatic heterocycles. The van der Waals surface area contributed by atoms with Gasteiger partial charge in [-0.1, -0.05) is 0 Å². The summed E-state index contributed by atoms with van der Waals surface area (Å²) in [5, 5.41) is 12.4. The van der Waals surface area contributed by atoms with Crippen LogP contribution in [0.15, 0.2) is 0 Å². The fourth-order valence-electron chi connectivity index (χ4n) is 3.05. The molecule has 2 rings (SSSR count). The highest BCUT2D eigenvalue weighted by molar-refractivity contribution is 5.82. The summed E-state index contributed by atoms with van der Waals surface area (Å²) in [6.07, 6.45) is 3.25. The van der Waals surface area contributed by atoms with Crippen molar-refractivity contribution in [3.8, 4) is 0 Å². The van der Waals surface area contributed by atoms with Crippen molar-refractivity contribution in [1.29, 1.82) is 0 Å². The van der Waals surface area contributed by atoms with Crippen LogP contribution in [0.2, 0.25) is 0 Å².